The van der Waals surface area contributed by atoms with Crippen molar-refractivity contribution in [1.82, 2.24) is 0 Å². The van der Waals surface area contributed by atoms with E-state index < -0.39 is 6.10 Å². The van der Waals surface area contributed by atoms with E-state index in [0.717, 1.165) is 70.6 Å². The van der Waals surface area contributed by atoms with E-state index in [1.165, 1.54) is 205 Å². The third kappa shape index (κ3) is 51.0. The van der Waals surface area contributed by atoms with Gasteiger partial charge in [0.15, 0.2) is 6.10 Å². The van der Waals surface area contributed by atoms with Crippen molar-refractivity contribution in [3.63, 3.8) is 0 Å². The SMILES string of the molecule is CCC/C=C\CCCCCCCC(=O)OCC(COC(=O)CCCCCCCCCCCCCCCCCCCCCCCCC)OC(=O)CCCCCCCCCCCCCC. The van der Waals surface area contributed by atoms with Crippen LogP contribution in [0.3, 0.4) is 0 Å². The summed E-state index contributed by atoms with van der Waals surface area (Å²) in [5.41, 5.74) is 0. The lowest BCUT2D eigenvalue weighted by atomic mass is 10.0. The quantitative estimate of drug-likeness (QED) is 0.0262. The van der Waals surface area contributed by atoms with Crippen LogP contribution in [0.25, 0.3) is 0 Å². The number of carbonyl (C=O) groups is 3. The zero-order valence-corrected chi connectivity index (χ0v) is 42.6. The van der Waals surface area contributed by atoms with Crippen LogP contribution in [0.5, 0.6) is 0 Å². The number of hydrogen-bond acceptors (Lipinski definition) is 6. The Bertz CT molecular complexity index is 978. The average molecular weight is 889 g/mol. The van der Waals surface area contributed by atoms with Gasteiger partial charge in [0.05, 0.1) is 0 Å². The van der Waals surface area contributed by atoms with Crippen LogP contribution in [-0.4, -0.2) is 37.2 Å². The first-order valence-corrected chi connectivity index (χ1v) is 28.2. The van der Waals surface area contributed by atoms with Crippen molar-refractivity contribution in [3.05, 3.63) is 12.2 Å². The number of allylic oxidation sites excluding steroid dienone is 2. The van der Waals surface area contributed by atoms with Gasteiger partial charge in [-0.05, 0) is 38.5 Å². The maximum absolute atomic E-state index is 12.8. The van der Waals surface area contributed by atoms with Crippen LogP contribution in [0.2, 0.25) is 0 Å². The highest BCUT2D eigenvalue weighted by Gasteiger charge is 2.19. The molecule has 0 aromatic heterocycles. The van der Waals surface area contributed by atoms with Gasteiger partial charge in [-0.2, -0.15) is 0 Å². The summed E-state index contributed by atoms with van der Waals surface area (Å²) in [5.74, 6) is -0.859. The highest BCUT2D eigenvalue weighted by atomic mass is 16.6. The molecule has 0 rings (SSSR count). The summed E-state index contributed by atoms with van der Waals surface area (Å²) >= 11 is 0. The van der Waals surface area contributed by atoms with Gasteiger partial charge in [-0.3, -0.25) is 14.4 Å². The maximum Gasteiger partial charge on any atom is 0.306 e. The number of esters is 3. The summed E-state index contributed by atoms with van der Waals surface area (Å²) < 4.78 is 16.8. The average Bonchev–Trinajstić information content (AvgIpc) is 3.28. The Labute approximate surface area is 392 Å². The highest BCUT2D eigenvalue weighted by Crippen LogP contribution is 2.17. The summed E-state index contributed by atoms with van der Waals surface area (Å²) in [5, 5.41) is 0. The Morgan fingerprint density at radius 3 is 0.857 bits per heavy atom. The molecule has 0 saturated carbocycles. The molecule has 0 saturated heterocycles. The lowest BCUT2D eigenvalue weighted by Crippen LogP contribution is -2.30. The summed E-state index contributed by atoms with van der Waals surface area (Å²) in [6, 6.07) is 0. The molecule has 6 nitrogen and oxygen atoms in total. The van der Waals surface area contributed by atoms with Crippen LogP contribution < -0.4 is 0 Å². The van der Waals surface area contributed by atoms with E-state index in [0.29, 0.717) is 19.3 Å². The molecule has 0 heterocycles. The van der Waals surface area contributed by atoms with E-state index in [1.54, 1.807) is 0 Å². The molecule has 0 bridgehead atoms. The predicted octanol–water partition coefficient (Wildman–Crippen LogP) is 18.5. The summed E-state index contributed by atoms with van der Waals surface area (Å²) in [6.45, 7) is 6.61. The first kappa shape index (κ1) is 61.1. The van der Waals surface area contributed by atoms with Crippen LogP contribution in [0.15, 0.2) is 12.2 Å². The van der Waals surface area contributed by atoms with Crippen molar-refractivity contribution < 1.29 is 28.6 Å². The number of ether oxygens (including phenoxy) is 3. The molecule has 1 unspecified atom stereocenters. The van der Waals surface area contributed by atoms with Gasteiger partial charge in [0, 0.05) is 19.3 Å². The topological polar surface area (TPSA) is 78.9 Å². The predicted molar refractivity (Wildman–Crippen MR) is 270 cm³/mol. The standard InChI is InChI=1S/C57H108O6/c1-4-7-10-13-16-19-22-24-25-26-27-28-29-30-31-32-33-34-36-38-41-44-47-50-56(59)62-53-54(52-61-55(58)49-46-43-40-37-21-18-15-12-9-6-3)63-57(60)51-48-45-42-39-35-23-20-17-14-11-8-5-2/h12,15,54H,4-11,13-14,16-53H2,1-3H3/b15-12-. The molecule has 0 radical (unpaired) electrons. The van der Waals surface area contributed by atoms with Crippen molar-refractivity contribution >= 4 is 17.9 Å². The Hall–Kier alpha value is -1.85. The van der Waals surface area contributed by atoms with Crippen LogP contribution in [0, 0.1) is 0 Å². The minimum Gasteiger partial charge on any atom is -0.462 e. The van der Waals surface area contributed by atoms with Gasteiger partial charge < -0.3 is 14.2 Å². The molecule has 0 aliphatic carbocycles. The van der Waals surface area contributed by atoms with E-state index in [9.17, 15) is 14.4 Å². The fraction of sp³-hybridized carbons (Fsp3) is 0.912. The Morgan fingerprint density at radius 1 is 0.302 bits per heavy atom. The molecule has 0 aliphatic rings. The van der Waals surface area contributed by atoms with E-state index in [2.05, 4.69) is 32.9 Å². The van der Waals surface area contributed by atoms with Gasteiger partial charge in [-0.1, -0.05) is 270 Å². The molecule has 6 heteroatoms. The molecule has 1 atom stereocenters. The largest absolute Gasteiger partial charge is 0.462 e. The van der Waals surface area contributed by atoms with Crippen LogP contribution >= 0.6 is 0 Å². The molecular formula is C57H108O6. The van der Waals surface area contributed by atoms with Gasteiger partial charge >= 0.3 is 17.9 Å². The van der Waals surface area contributed by atoms with Gasteiger partial charge in [-0.15, -0.1) is 0 Å². The molecule has 0 spiro atoms. The highest BCUT2D eigenvalue weighted by molar-refractivity contribution is 5.71. The molecule has 0 fully saturated rings. The summed E-state index contributed by atoms with van der Waals surface area (Å²) in [7, 11) is 0. The molecule has 0 amide bonds. The number of carbonyl (C=O) groups excluding carboxylic acids is 3. The number of hydrogen-bond donors (Lipinski definition) is 0. The fourth-order valence-corrected chi connectivity index (χ4v) is 8.51. The fourth-order valence-electron chi connectivity index (χ4n) is 8.51. The van der Waals surface area contributed by atoms with E-state index >= 15 is 0 Å². The van der Waals surface area contributed by atoms with Gasteiger partial charge in [0.1, 0.15) is 13.2 Å². The second kappa shape index (κ2) is 52.8. The van der Waals surface area contributed by atoms with E-state index in [1.807, 2.05) is 0 Å². The molecule has 0 aromatic carbocycles. The Morgan fingerprint density at radius 2 is 0.556 bits per heavy atom. The van der Waals surface area contributed by atoms with Crippen molar-refractivity contribution in [1.29, 1.82) is 0 Å². The molecule has 0 aliphatic heterocycles. The van der Waals surface area contributed by atoms with Crippen molar-refractivity contribution in [2.24, 2.45) is 0 Å². The van der Waals surface area contributed by atoms with Crippen LogP contribution in [-0.2, 0) is 28.6 Å². The van der Waals surface area contributed by atoms with Gasteiger partial charge in [0.25, 0.3) is 0 Å². The molecule has 63 heavy (non-hydrogen) atoms. The second-order valence-electron chi connectivity index (χ2n) is 19.2. The lowest BCUT2D eigenvalue weighted by molar-refractivity contribution is -0.167. The molecule has 0 N–H and O–H groups in total. The lowest BCUT2D eigenvalue weighted by Gasteiger charge is -2.18. The van der Waals surface area contributed by atoms with Gasteiger partial charge in [-0.25, -0.2) is 0 Å². The first-order valence-electron chi connectivity index (χ1n) is 28.2. The summed E-state index contributed by atoms with van der Waals surface area (Å²) in [4.78, 5) is 37.9. The second-order valence-corrected chi connectivity index (χ2v) is 19.2. The van der Waals surface area contributed by atoms with Crippen molar-refractivity contribution in [3.8, 4) is 0 Å². The summed E-state index contributed by atoms with van der Waals surface area (Å²) in [6.07, 6.45) is 59.3. The minimum atomic E-state index is -0.766. The maximum atomic E-state index is 12.8. The minimum absolute atomic E-state index is 0.0671. The van der Waals surface area contributed by atoms with E-state index in [4.69, 9.17) is 14.2 Å². The van der Waals surface area contributed by atoms with E-state index in [-0.39, 0.29) is 31.1 Å². The monoisotopic (exact) mass is 889 g/mol. The van der Waals surface area contributed by atoms with Crippen LogP contribution in [0.1, 0.15) is 316 Å². The van der Waals surface area contributed by atoms with Crippen LogP contribution in [0.4, 0.5) is 0 Å². The zero-order valence-electron chi connectivity index (χ0n) is 42.6. The zero-order chi connectivity index (χ0) is 45.8. The van der Waals surface area contributed by atoms with Crippen molar-refractivity contribution in [2.45, 2.75) is 322 Å². The number of unbranched alkanes of at least 4 members (excludes halogenated alkanes) is 39. The third-order valence-electron chi connectivity index (χ3n) is 12.8. The Balaban J connectivity index is 4.14. The third-order valence-corrected chi connectivity index (χ3v) is 12.8. The molecule has 0 aromatic rings. The molecular weight excluding hydrogens is 781 g/mol. The number of rotatable bonds is 52. The molecule has 372 valence electrons. The normalized spacial score (nSPS) is 12.0. The smallest absolute Gasteiger partial charge is 0.306 e. The Kier molecular flexibility index (Phi) is 51.2. The first-order chi connectivity index (χ1) is 31.0. The van der Waals surface area contributed by atoms with Crippen molar-refractivity contribution in [2.75, 3.05) is 13.2 Å². The van der Waals surface area contributed by atoms with Gasteiger partial charge in [0.2, 0.25) is 0 Å².